The maximum absolute atomic E-state index is 12.0. The number of carbonyl (C=O) groups excluding carboxylic acids is 1. The second kappa shape index (κ2) is 11.2. The van der Waals surface area contributed by atoms with Gasteiger partial charge in [-0.3, -0.25) is 0 Å². The summed E-state index contributed by atoms with van der Waals surface area (Å²) in [6.45, 7) is -0.0308. The first-order valence-electron chi connectivity index (χ1n) is 9.08. The molecule has 30 heavy (non-hydrogen) atoms. The highest BCUT2D eigenvalue weighted by atomic mass is 16.5. The first kappa shape index (κ1) is 22.4. The molecule has 0 aliphatic carbocycles. The topological polar surface area (TPSA) is 84.9 Å². The van der Waals surface area contributed by atoms with E-state index in [-0.39, 0.29) is 12.2 Å². The first-order valence-corrected chi connectivity index (χ1v) is 9.08. The molecule has 0 spiro atoms. The number of carbonyl (C=O) groups is 1. The van der Waals surface area contributed by atoms with Crippen LogP contribution in [0.25, 0.3) is 6.08 Å². The molecule has 0 bridgehead atoms. The zero-order valence-electron chi connectivity index (χ0n) is 17.4. The van der Waals surface area contributed by atoms with Crippen molar-refractivity contribution in [1.82, 2.24) is 0 Å². The van der Waals surface area contributed by atoms with Gasteiger partial charge in [-0.2, -0.15) is 5.26 Å². The molecular formula is C23H24N2O5. The number of allylic oxidation sites excluding steroid dienone is 4. The summed E-state index contributed by atoms with van der Waals surface area (Å²) in [4.78, 5) is 13.9. The van der Waals surface area contributed by atoms with Crippen LogP contribution in [-0.4, -0.2) is 34.3 Å². The van der Waals surface area contributed by atoms with Crippen LogP contribution in [0.4, 0.5) is 5.69 Å². The fourth-order valence-corrected chi connectivity index (χ4v) is 2.48. The van der Waals surface area contributed by atoms with E-state index in [4.69, 9.17) is 23.9 Å². The van der Waals surface area contributed by atoms with E-state index >= 15 is 0 Å². The van der Waals surface area contributed by atoms with Crippen LogP contribution >= 0.6 is 0 Å². The lowest BCUT2D eigenvalue weighted by Gasteiger charge is -2.17. The number of methoxy groups -OCH3 is 2. The van der Waals surface area contributed by atoms with Crippen LogP contribution in [0.3, 0.4) is 0 Å². The van der Waals surface area contributed by atoms with Crippen molar-refractivity contribution in [3.63, 3.8) is 0 Å². The number of hydrogen-bond acceptors (Lipinski definition) is 7. The largest absolute Gasteiger partial charge is 0.496 e. The van der Waals surface area contributed by atoms with Gasteiger partial charge in [0, 0.05) is 31.9 Å². The van der Waals surface area contributed by atoms with Gasteiger partial charge in [0.25, 0.3) is 0 Å². The normalized spacial score (nSPS) is 11.5. The van der Waals surface area contributed by atoms with E-state index in [1.165, 1.54) is 12.3 Å². The lowest BCUT2D eigenvalue weighted by molar-refractivity contribution is -0.140. The minimum absolute atomic E-state index is 0.0308. The maximum Gasteiger partial charge on any atom is 0.349 e. The van der Waals surface area contributed by atoms with Crippen molar-refractivity contribution in [1.29, 1.82) is 5.26 Å². The van der Waals surface area contributed by atoms with Gasteiger partial charge in [-0.15, -0.1) is 0 Å². The van der Waals surface area contributed by atoms with Gasteiger partial charge < -0.3 is 23.5 Å². The maximum atomic E-state index is 12.0. The standard InChI is InChI=1S/C23H24N2O5/c1-25(2)18-13-21(27-3)20(22(14-18)28-4)11-7-5-6-9-17(15-24)23(26)30-16-19-10-8-12-29-19/h5-14H,16H2,1-4H3/b6-5+,11-7+,17-9+. The number of hydrogen-bond donors (Lipinski definition) is 0. The summed E-state index contributed by atoms with van der Waals surface area (Å²) in [6, 6.07) is 9.03. The highest BCUT2D eigenvalue weighted by molar-refractivity contribution is 5.93. The van der Waals surface area contributed by atoms with Crippen LogP contribution in [0.1, 0.15) is 11.3 Å². The molecule has 0 unspecified atom stereocenters. The molecular weight excluding hydrogens is 384 g/mol. The number of benzene rings is 1. The molecule has 2 aromatic rings. The number of nitrogens with zero attached hydrogens (tertiary/aromatic N) is 2. The Morgan fingerprint density at radius 3 is 2.40 bits per heavy atom. The number of esters is 1. The summed E-state index contributed by atoms with van der Waals surface area (Å²) in [5.41, 5.74) is 1.61. The second-order valence-electron chi connectivity index (χ2n) is 6.25. The number of ether oxygens (including phenoxy) is 3. The highest BCUT2D eigenvalue weighted by Crippen LogP contribution is 2.34. The molecule has 156 valence electrons. The Hall–Kier alpha value is -3.92. The highest BCUT2D eigenvalue weighted by Gasteiger charge is 2.12. The van der Waals surface area contributed by atoms with E-state index in [0.29, 0.717) is 17.3 Å². The Morgan fingerprint density at radius 1 is 1.17 bits per heavy atom. The van der Waals surface area contributed by atoms with Gasteiger partial charge in [0.15, 0.2) is 0 Å². The van der Waals surface area contributed by atoms with Crippen LogP contribution in [0.2, 0.25) is 0 Å². The molecule has 1 aromatic carbocycles. The first-order chi connectivity index (χ1) is 14.5. The van der Waals surface area contributed by atoms with Crippen molar-refractivity contribution in [2.45, 2.75) is 6.61 Å². The van der Waals surface area contributed by atoms with E-state index in [1.807, 2.05) is 43.3 Å². The molecule has 0 radical (unpaired) electrons. The van der Waals surface area contributed by atoms with Gasteiger partial charge in [0.1, 0.15) is 35.5 Å². The Morgan fingerprint density at radius 2 is 1.87 bits per heavy atom. The number of anilines is 1. The fourth-order valence-electron chi connectivity index (χ4n) is 2.48. The summed E-state index contributed by atoms with van der Waals surface area (Å²) >= 11 is 0. The molecule has 0 aliphatic rings. The third kappa shape index (κ3) is 6.04. The van der Waals surface area contributed by atoms with Gasteiger partial charge >= 0.3 is 5.97 Å². The van der Waals surface area contributed by atoms with Crippen LogP contribution in [0.5, 0.6) is 11.5 Å². The lowest BCUT2D eigenvalue weighted by Crippen LogP contribution is -2.09. The summed E-state index contributed by atoms with van der Waals surface area (Å²) in [5, 5.41) is 9.16. The van der Waals surface area contributed by atoms with Crippen molar-refractivity contribution in [2.24, 2.45) is 0 Å². The molecule has 0 saturated heterocycles. The molecule has 0 N–H and O–H groups in total. The SMILES string of the molecule is COc1cc(N(C)C)cc(OC)c1/C=C/C=C/C=C(\C#N)C(=O)OCc1ccco1. The Labute approximate surface area is 176 Å². The molecule has 0 amide bonds. The van der Waals surface area contributed by atoms with E-state index in [1.54, 1.807) is 44.6 Å². The molecule has 2 rings (SSSR count). The minimum atomic E-state index is -0.717. The summed E-state index contributed by atoms with van der Waals surface area (Å²) in [5.74, 6) is 1.11. The van der Waals surface area contributed by atoms with Gasteiger partial charge in [-0.05, 0) is 24.3 Å². The number of rotatable bonds is 9. The lowest BCUT2D eigenvalue weighted by atomic mass is 10.1. The minimum Gasteiger partial charge on any atom is -0.496 e. The monoisotopic (exact) mass is 408 g/mol. The predicted octanol–water partition coefficient (Wildman–Crippen LogP) is 4.13. The fraction of sp³-hybridized carbons (Fsp3) is 0.217. The molecule has 0 saturated carbocycles. The van der Waals surface area contributed by atoms with E-state index in [9.17, 15) is 4.79 Å². The van der Waals surface area contributed by atoms with E-state index in [0.717, 1.165) is 11.3 Å². The van der Waals surface area contributed by atoms with E-state index in [2.05, 4.69) is 0 Å². The number of furan rings is 1. The average Bonchev–Trinajstić information content (AvgIpc) is 3.27. The van der Waals surface area contributed by atoms with Crippen LogP contribution < -0.4 is 14.4 Å². The molecule has 0 atom stereocenters. The Balaban J connectivity index is 2.09. The molecule has 0 fully saturated rings. The van der Waals surface area contributed by atoms with Crippen molar-refractivity contribution in [3.8, 4) is 17.6 Å². The van der Waals surface area contributed by atoms with Crippen molar-refractivity contribution in [2.75, 3.05) is 33.2 Å². The van der Waals surface area contributed by atoms with Gasteiger partial charge in [0.05, 0.1) is 26.0 Å². The average molecular weight is 408 g/mol. The third-order valence-electron chi connectivity index (χ3n) is 4.06. The van der Waals surface area contributed by atoms with Gasteiger partial charge in [-0.1, -0.05) is 18.2 Å². The summed E-state index contributed by atoms with van der Waals surface area (Å²) < 4.78 is 21.1. The quantitative estimate of drug-likeness (QED) is 0.267. The van der Waals surface area contributed by atoms with Crippen molar-refractivity contribution in [3.05, 3.63) is 71.7 Å². The Bertz CT molecular complexity index is 955. The third-order valence-corrected chi connectivity index (χ3v) is 4.06. The van der Waals surface area contributed by atoms with Crippen LogP contribution in [0.15, 0.2) is 64.8 Å². The predicted molar refractivity (Wildman–Crippen MR) is 114 cm³/mol. The van der Waals surface area contributed by atoms with Crippen molar-refractivity contribution < 1.29 is 23.4 Å². The summed E-state index contributed by atoms with van der Waals surface area (Å²) in [7, 11) is 7.06. The zero-order chi connectivity index (χ0) is 21.9. The van der Waals surface area contributed by atoms with Crippen molar-refractivity contribution >= 4 is 17.7 Å². The van der Waals surface area contributed by atoms with Gasteiger partial charge in [-0.25, -0.2) is 4.79 Å². The van der Waals surface area contributed by atoms with Gasteiger partial charge in [0.2, 0.25) is 0 Å². The van der Waals surface area contributed by atoms with E-state index < -0.39 is 5.97 Å². The second-order valence-corrected chi connectivity index (χ2v) is 6.25. The van der Waals surface area contributed by atoms with Crippen LogP contribution in [0, 0.1) is 11.3 Å². The molecule has 7 heteroatoms. The van der Waals surface area contributed by atoms with Crippen LogP contribution in [-0.2, 0) is 16.1 Å². The number of nitriles is 1. The molecule has 7 nitrogen and oxygen atoms in total. The summed E-state index contributed by atoms with van der Waals surface area (Å²) in [6.07, 6.45) is 9.72. The Kier molecular flexibility index (Phi) is 8.33. The molecule has 1 aromatic heterocycles. The molecule has 1 heterocycles. The zero-order valence-corrected chi connectivity index (χ0v) is 17.4. The smallest absolute Gasteiger partial charge is 0.349 e. The molecule has 0 aliphatic heterocycles.